The van der Waals surface area contributed by atoms with E-state index in [0.29, 0.717) is 37.9 Å². The van der Waals surface area contributed by atoms with Gasteiger partial charge in [0.1, 0.15) is 17.4 Å². The maximum Gasteiger partial charge on any atom is 0.341 e. The van der Waals surface area contributed by atoms with E-state index in [1.54, 1.807) is 11.1 Å². The molecule has 1 unspecified atom stereocenters. The molecule has 3 aliphatic rings. The van der Waals surface area contributed by atoms with Crippen LogP contribution in [0.1, 0.15) is 41.1 Å². The van der Waals surface area contributed by atoms with Crippen LogP contribution in [0.2, 0.25) is 0 Å². The van der Waals surface area contributed by atoms with E-state index in [9.17, 15) is 18.4 Å². The summed E-state index contributed by atoms with van der Waals surface area (Å²) >= 11 is 0. The van der Waals surface area contributed by atoms with Crippen LogP contribution in [0.15, 0.2) is 47.1 Å². The maximum atomic E-state index is 13.6. The van der Waals surface area contributed by atoms with E-state index in [1.807, 2.05) is 6.07 Å². The van der Waals surface area contributed by atoms with E-state index in [1.165, 1.54) is 22.7 Å². The van der Waals surface area contributed by atoms with Gasteiger partial charge < -0.3 is 4.90 Å². The molecule has 7 heteroatoms. The summed E-state index contributed by atoms with van der Waals surface area (Å²) in [5.41, 5.74) is 4.85. The Labute approximate surface area is 178 Å². The lowest BCUT2D eigenvalue weighted by Crippen LogP contribution is -2.49. The monoisotopic (exact) mass is 421 g/mol. The molecule has 1 saturated heterocycles. The summed E-state index contributed by atoms with van der Waals surface area (Å²) in [7, 11) is 0. The van der Waals surface area contributed by atoms with Gasteiger partial charge in [0.25, 0.3) is 0 Å². The number of benzene rings is 2. The third kappa shape index (κ3) is 3.87. The van der Waals surface area contributed by atoms with Crippen molar-refractivity contribution in [1.82, 2.24) is 9.91 Å². The number of amides is 2. The first kappa shape index (κ1) is 19.6. The van der Waals surface area contributed by atoms with Crippen molar-refractivity contribution in [3.05, 3.63) is 75.9 Å². The van der Waals surface area contributed by atoms with Crippen LogP contribution < -0.4 is 0 Å². The molecule has 0 N–H and O–H groups in total. The Kier molecular flexibility index (Phi) is 4.88. The number of halogens is 2. The van der Waals surface area contributed by atoms with Gasteiger partial charge in [-0.2, -0.15) is 5.10 Å². The first-order chi connectivity index (χ1) is 15.0. The molecule has 0 aromatic heterocycles. The van der Waals surface area contributed by atoms with Gasteiger partial charge in [0.05, 0.1) is 6.04 Å². The minimum atomic E-state index is -0.671. The predicted octanol–water partition coefficient (Wildman–Crippen LogP) is 4.27. The van der Waals surface area contributed by atoms with Crippen molar-refractivity contribution >= 4 is 24.1 Å². The number of hydrogen-bond acceptors (Lipinski definition) is 3. The number of likely N-dealkylation sites (tertiary alicyclic amines) is 1. The highest BCUT2D eigenvalue weighted by atomic mass is 19.1. The zero-order valence-corrected chi connectivity index (χ0v) is 16.9. The summed E-state index contributed by atoms with van der Waals surface area (Å²) in [6.07, 6.45) is 5.98. The van der Waals surface area contributed by atoms with E-state index in [0.717, 1.165) is 29.2 Å². The van der Waals surface area contributed by atoms with E-state index in [2.05, 4.69) is 23.3 Å². The molecule has 1 aliphatic carbocycles. The van der Waals surface area contributed by atoms with Crippen LogP contribution in [-0.2, 0) is 17.6 Å². The van der Waals surface area contributed by atoms with Gasteiger partial charge in [-0.25, -0.2) is 18.6 Å². The molecule has 0 bridgehead atoms. The lowest BCUT2D eigenvalue weighted by molar-refractivity contribution is -0.118. The van der Waals surface area contributed by atoms with E-state index < -0.39 is 17.7 Å². The molecule has 0 radical (unpaired) electrons. The van der Waals surface area contributed by atoms with Crippen molar-refractivity contribution in [2.45, 2.75) is 31.7 Å². The van der Waals surface area contributed by atoms with Crippen LogP contribution in [0.5, 0.6) is 0 Å². The average molecular weight is 421 g/mol. The van der Waals surface area contributed by atoms with Crippen LogP contribution in [0.3, 0.4) is 0 Å². The molecule has 5 rings (SSSR count). The zero-order chi connectivity index (χ0) is 21.5. The van der Waals surface area contributed by atoms with Crippen LogP contribution in [0, 0.1) is 11.6 Å². The van der Waals surface area contributed by atoms with E-state index in [-0.39, 0.29) is 11.8 Å². The molecule has 2 aromatic rings. The van der Waals surface area contributed by atoms with E-state index >= 15 is 0 Å². The summed E-state index contributed by atoms with van der Waals surface area (Å²) in [4.78, 5) is 26.3. The first-order valence-electron chi connectivity index (χ1n) is 10.4. The number of ketones is 1. The van der Waals surface area contributed by atoms with Gasteiger partial charge in [-0.15, -0.1) is 0 Å². The largest absolute Gasteiger partial charge is 0.341 e. The zero-order valence-electron chi connectivity index (χ0n) is 16.9. The minimum absolute atomic E-state index is 0.275. The third-order valence-electron chi connectivity index (χ3n) is 6.02. The van der Waals surface area contributed by atoms with Crippen molar-refractivity contribution in [1.29, 1.82) is 0 Å². The van der Waals surface area contributed by atoms with Crippen LogP contribution in [-0.4, -0.2) is 41.0 Å². The number of rotatable bonds is 2. The molecule has 0 spiro atoms. The second-order valence-corrected chi connectivity index (χ2v) is 8.28. The smallest absolute Gasteiger partial charge is 0.315 e. The molecule has 1 fully saturated rings. The fourth-order valence-corrected chi connectivity index (χ4v) is 4.41. The Hall–Kier alpha value is -3.35. The number of hydrazone groups is 1. The SMILES string of the molecule is O=C1CCc2ccc(C=C3CN(C(=O)N4N=CCC4c4cc(F)cc(F)c4)C3)cc2C1. The summed E-state index contributed by atoms with van der Waals surface area (Å²) < 4.78 is 27.2. The molecule has 2 aromatic carbocycles. The first-order valence-corrected chi connectivity index (χ1v) is 10.4. The average Bonchev–Trinajstić information content (AvgIpc) is 3.19. The normalized spacial score (nSPS) is 20.0. The molecule has 1 atom stereocenters. The lowest BCUT2D eigenvalue weighted by atomic mass is 9.89. The number of Topliss-reactive ketones (excluding diaryl/α,β-unsaturated/α-hetero) is 1. The highest BCUT2D eigenvalue weighted by Crippen LogP contribution is 2.32. The molecule has 2 amide bonds. The number of carbonyl (C=O) groups excluding carboxylic acids is 2. The molecule has 2 aliphatic heterocycles. The van der Waals surface area contributed by atoms with Crippen molar-refractivity contribution in [3.8, 4) is 0 Å². The van der Waals surface area contributed by atoms with Gasteiger partial charge in [0.15, 0.2) is 0 Å². The number of aryl methyl sites for hydroxylation is 1. The molecule has 31 heavy (non-hydrogen) atoms. The molecule has 158 valence electrons. The summed E-state index contributed by atoms with van der Waals surface area (Å²) in [6.45, 7) is 0.955. The fraction of sp³-hybridized carbons (Fsp3) is 0.292. The van der Waals surface area contributed by atoms with Crippen LogP contribution in [0.25, 0.3) is 6.08 Å². The highest BCUT2D eigenvalue weighted by Gasteiger charge is 2.35. The van der Waals surface area contributed by atoms with Crippen LogP contribution >= 0.6 is 0 Å². The number of fused-ring (bicyclic) bond motifs is 1. The number of hydrogen-bond donors (Lipinski definition) is 0. The Bertz CT molecular complexity index is 1110. The number of nitrogens with zero attached hydrogens (tertiary/aromatic N) is 3. The Balaban J connectivity index is 1.26. The second kappa shape index (κ2) is 7.72. The fourth-order valence-electron chi connectivity index (χ4n) is 4.41. The van der Waals surface area contributed by atoms with Gasteiger partial charge in [0.2, 0.25) is 0 Å². The van der Waals surface area contributed by atoms with Gasteiger partial charge in [-0.1, -0.05) is 24.3 Å². The lowest BCUT2D eigenvalue weighted by Gasteiger charge is -2.37. The Morgan fingerprint density at radius 2 is 1.81 bits per heavy atom. The highest BCUT2D eigenvalue weighted by molar-refractivity contribution is 5.84. The second-order valence-electron chi connectivity index (χ2n) is 8.28. The predicted molar refractivity (Wildman–Crippen MR) is 112 cm³/mol. The summed E-state index contributed by atoms with van der Waals surface area (Å²) in [6, 6.07) is 8.69. The van der Waals surface area contributed by atoms with Crippen molar-refractivity contribution in [2.75, 3.05) is 13.1 Å². The van der Waals surface area contributed by atoms with E-state index in [4.69, 9.17) is 0 Å². The molecular weight excluding hydrogens is 400 g/mol. The molecule has 5 nitrogen and oxygen atoms in total. The number of carbonyl (C=O) groups is 2. The van der Waals surface area contributed by atoms with Gasteiger partial charge in [-0.3, -0.25) is 4.79 Å². The third-order valence-corrected chi connectivity index (χ3v) is 6.02. The molecule has 2 heterocycles. The minimum Gasteiger partial charge on any atom is -0.315 e. The summed E-state index contributed by atoms with van der Waals surface area (Å²) in [5.74, 6) is -1.07. The molecular formula is C24H21F2N3O2. The standard InChI is InChI=1S/C24H21F2N3O2/c25-20-9-19(10-21(26)12-20)23-5-6-27-29(23)24(31)28-13-16(14-28)7-15-1-2-17-3-4-22(30)11-18(17)8-15/h1-2,6-10,12,23H,3-5,11,13-14H2. The maximum absolute atomic E-state index is 13.6. The van der Waals surface area contributed by atoms with Crippen LogP contribution in [0.4, 0.5) is 13.6 Å². The van der Waals surface area contributed by atoms with Gasteiger partial charge in [0, 0.05) is 44.6 Å². The number of urea groups is 1. The Morgan fingerprint density at radius 3 is 2.58 bits per heavy atom. The molecule has 0 saturated carbocycles. The summed E-state index contributed by atoms with van der Waals surface area (Å²) in [5, 5.41) is 5.44. The Morgan fingerprint density at radius 1 is 1.03 bits per heavy atom. The van der Waals surface area contributed by atoms with Crippen molar-refractivity contribution in [2.24, 2.45) is 5.10 Å². The quantitative estimate of drug-likeness (QED) is 0.727. The van der Waals surface area contributed by atoms with Crippen molar-refractivity contribution < 1.29 is 18.4 Å². The van der Waals surface area contributed by atoms with Gasteiger partial charge >= 0.3 is 6.03 Å². The van der Waals surface area contributed by atoms with Gasteiger partial charge in [-0.05, 0) is 46.4 Å². The topological polar surface area (TPSA) is 53.0 Å². The van der Waals surface area contributed by atoms with Crippen molar-refractivity contribution in [3.63, 3.8) is 0 Å².